The van der Waals surface area contributed by atoms with Crippen molar-refractivity contribution in [3.63, 3.8) is 0 Å². The third kappa shape index (κ3) is 3.06. The first-order valence-corrected chi connectivity index (χ1v) is 4.45. The smallest absolute Gasteiger partial charge is 0.158 e. The SMILES string of the molecule is NCCC1COC(CCCO)O1. The Kier molecular flexibility index (Phi) is 4.53. The van der Waals surface area contributed by atoms with E-state index in [1.165, 1.54) is 0 Å². The highest BCUT2D eigenvalue weighted by Gasteiger charge is 2.24. The fourth-order valence-corrected chi connectivity index (χ4v) is 1.25. The number of rotatable bonds is 5. The van der Waals surface area contributed by atoms with Gasteiger partial charge in [-0.15, -0.1) is 0 Å². The van der Waals surface area contributed by atoms with Crippen LogP contribution in [-0.4, -0.2) is 37.3 Å². The molecule has 1 heterocycles. The van der Waals surface area contributed by atoms with Crippen molar-refractivity contribution in [2.24, 2.45) is 5.73 Å². The molecule has 72 valence electrons. The second kappa shape index (κ2) is 5.48. The van der Waals surface area contributed by atoms with E-state index in [-0.39, 0.29) is 19.0 Å². The fourth-order valence-electron chi connectivity index (χ4n) is 1.25. The Labute approximate surface area is 72.6 Å². The van der Waals surface area contributed by atoms with E-state index in [9.17, 15) is 0 Å². The molecule has 1 saturated heterocycles. The minimum Gasteiger partial charge on any atom is -0.396 e. The predicted octanol–water partition coefficient (Wildman–Crippen LogP) is -0.151. The Morgan fingerprint density at radius 3 is 2.92 bits per heavy atom. The van der Waals surface area contributed by atoms with Crippen molar-refractivity contribution in [1.82, 2.24) is 0 Å². The van der Waals surface area contributed by atoms with E-state index in [0.29, 0.717) is 13.2 Å². The van der Waals surface area contributed by atoms with Gasteiger partial charge in [0.15, 0.2) is 6.29 Å². The van der Waals surface area contributed by atoms with Gasteiger partial charge >= 0.3 is 0 Å². The average molecular weight is 175 g/mol. The van der Waals surface area contributed by atoms with Crippen LogP contribution in [0.5, 0.6) is 0 Å². The molecule has 12 heavy (non-hydrogen) atoms. The van der Waals surface area contributed by atoms with Crippen molar-refractivity contribution >= 4 is 0 Å². The van der Waals surface area contributed by atoms with Crippen molar-refractivity contribution in [2.45, 2.75) is 31.7 Å². The molecule has 0 spiro atoms. The lowest BCUT2D eigenvalue weighted by atomic mass is 10.3. The van der Waals surface area contributed by atoms with Crippen molar-refractivity contribution < 1.29 is 14.6 Å². The van der Waals surface area contributed by atoms with Gasteiger partial charge in [0.05, 0.1) is 12.7 Å². The van der Waals surface area contributed by atoms with Crippen LogP contribution in [0, 0.1) is 0 Å². The molecular formula is C8H17NO3. The first-order chi connectivity index (χ1) is 5.86. The molecule has 2 unspecified atom stereocenters. The van der Waals surface area contributed by atoms with E-state index < -0.39 is 0 Å². The van der Waals surface area contributed by atoms with E-state index in [0.717, 1.165) is 19.3 Å². The van der Waals surface area contributed by atoms with Gasteiger partial charge in [-0.05, 0) is 19.4 Å². The second-order valence-electron chi connectivity index (χ2n) is 2.96. The molecule has 0 bridgehead atoms. The van der Waals surface area contributed by atoms with Crippen LogP contribution in [0.25, 0.3) is 0 Å². The monoisotopic (exact) mass is 175 g/mol. The van der Waals surface area contributed by atoms with Gasteiger partial charge in [-0.3, -0.25) is 0 Å². The Hall–Kier alpha value is -0.160. The van der Waals surface area contributed by atoms with E-state index >= 15 is 0 Å². The van der Waals surface area contributed by atoms with Gasteiger partial charge in [0, 0.05) is 13.0 Å². The molecule has 0 aliphatic carbocycles. The van der Waals surface area contributed by atoms with Gasteiger partial charge in [0.25, 0.3) is 0 Å². The number of hydrogen-bond acceptors (Lipinski definition) is 4. The second-order valence-corrected chi connectivity index (χ2v) is 2.96. The van der Waals surface area contributed by atoms with Crippen molar-refractivity contribution in [2.75, 3.05) is 19.8 Å². The van der Waals surface area contributed by atoms with Gasteiger partial charge in [-0.2, -0.15) is 0 Å². The largest absolute Gasteiger partial charge is 0.396 e. The van der Waals surface area contributed by atoms with Crippen molar-refractivity contribution in [3.8, 4) is 0 Å². The summed E-state index contributed by atoms with van der Waals surface area (Å²) in [5, 5.41) is 8.56. The van der Waals surface area contributed by atoms with Crippen LogP contribution < -0.4 is 5.73 Å². The number of aliphatic hydroxyl groups is 1. The van der Waals surface area contributed by atoms with E-state index in [1.807, 2.05) is 0 Å². The molecular weight excluding hydrogens is 158 g/mol. The molecule has 0 saturated carbocycles. The molecule has 1 aliphatic rings. The van der Waals surface area contributed by atoms with Gasteiger partial charge in [-0.1, -0.05) is 0 Å². The summed E-state index contributed by atoms with van der Waals surface area (Å²) in [6, 6.07) is 0. The van der Waals surface area contributed by atoms with Crippen LogP contribution in [0.3, 0.4) is 0 Å². The van der Waals surface area contributed by atoms with Crippen LogP contribution >= 0.6 is 0 Å². The minimum atomic E-state index is -0.117. The lowest BCUT2D eigenvalue weighted by Crippen LogP contribution is -2.16. The molecule has 3 N–H and O–H groups in total. The van der Waals surface area contributed by atoms with Crippen molar-refractivity contribution in [1.29, 1.82) is 0 Å². The summed E-state index contributed by atoms with van der Waals surface area (Å²) < 4.78 is 10.8. The molecule has 1 rings (SSSR count). The average Bonchev–Trinajstić information content (AvgIpc) is 2.50. The van der Waals surface area contributed by atoms with Gasteiger partial charge < -0.3 is 20.3 Å². The van der Waals surface area contributed by atoms with E-state index in [2.05, 4.69) is 0 Å². The topological polar surface area (TPSA) is 64.7 Å². The maximum atomic E-state index is 8.56. The maximum absolute atomic E-state index is 8.56. The molecule has 4 heteroatoms. The third-order valence-corrected chi connectivity index (χ3v) is 1.90. The van der Waals surface area contributed by atoms with Crippen LogP contribution in [-0.2, 0) is 9.47 Å². The van der Waals surface area contributed by atoms with Crippen LogP contribution in [0.4, 0.5) is 0 Å². The van der Waals surface area contributed by atoms with E-state index in [1.54, 1.807) is 0 Å². The standard InChI is InChI=1S/C8H17NO3/c9-4-3-7-6-11-8(12-7)2-1-5-10/h7-8,10H,1-6,9H2. The zero-order valence-corrected chi connectivity index (χ0v) is 7.24. The summed E-state index contributed by atoms with van der Waals surface area (Å²) in [5.41, 5.74) is 5.38. The summed E-state index contributed by atoms with van der Waals surface area (Å²) in [4.78, 5) is 0. The maximum Gasteiger partial charge on any atom is 0.158 e. The highest BCUT2D eigenvalue weighted by atomic mass is 16.7. The first-order valence-electron chi connectivity index (χ1n) is 4.45. The van der Waals surface area contributed by atoms with Gasteiger partial charge in [-0.25, -0.2) is 0 Å². The molecule has 0 amide bonds. The molecule has 0 aromatic rings. The molecule has 4 nitrogen and oxygen atoms in total. The minimum absolute atomic E-state index is 0.117. The Balaban J connectivity index is 2.08. The number of nitrogens with two attached hydrogens (primary N) is 1. The lowest BCUT2D eigenvalue weighted by Gasteiger charge is -2.09. The summed E-state index contributed by atoms with van der Waals surface area (Å²) in [6.45, 7) is 1.48. The zero-order chi connectivity index (χ0) is 8.81. The van der Waals surface area contributed by atoms with Crippen LogP contribution in [0.2, 0.25) is 0 Å². The van der Waals surface area contributed by atoms with Crippen LogP contribution in [0.1, 0.15) is 19.3 Å². The highest BCUT2D eigenvalue weighted by molar-refractivity contribution is 4.65. The quantitative estimate of drug-likeness (QED) is 0.610. The predicted molar refractivity (Wildman–Crippen MR) is 44.6 cm³/mol. The summed E-state index contributed by atoms with van der Waals surface area (Å²) in [6.07, 6.45) is 2.42. The van der Waals surface area contributed by atoms with E-state index in [4.69, 9.17) is 20.3 Å². The molecule has 0 aromatic heterocycles. The number of aliphatic hydroxyl groups excluding tert-OH is 1. The first kappa shape index (κ1) is 9.92. The van der Waals surface area contributed by atoms with Crippen molar-refractivity contribution in [3.05, 3.63) is 0 Å². The molecule has 0 aromatic carbocycles. The lowest BCUT2D eigenvalue weighted by molar-refractivity contribution is -0.0652. The van der Waals surface area contributed by atoms with Gasteiger partial charge in [0.2, 0.25) is 0 Å². The Morgan fingerprint density at radius 2 is 2.25 bits per heavy atom. The molecule has 0 radical (unpaired) electrons. The van der Waals surface area contributed by atoms with Crippen LogP contribution in [0.15, 0.2) is 0 Å². The highest BCUT2D eigenvalue weighted by Crippen LogP contribution is 2.17. The molecule has 1 fully saturated rings. The Morgan fingerprint density at radius 1 is 1.42 bits per heavy atom. The number of ether oxygens (including phenoxy) is 2. The summed E-state index contributed by atoms with van der Waals surface area (Å²) in [7, 11) is 0. The molecule has 1 aliphatic heterocycles. The third-order valence-electron chi connectivity index (χ3n) is 1.90. The van der Waals surface area contributed by atoms with Gasteiger partial charge in [0.1, 0.15) is 0 Å². The Bertz CT molecular complexity index is 121. The molecule has 2 atom stereocenters. The number of hydrogen-bond donors (Lipinski definition) is 2. The summed E-state index contributed by atoms with van der Waals surface area (Å²) >= 11 is 0. The zero-order valence-electron chi connectivity index (χ0n) is 7.24. The normalized spacial score (nSPS) is 29.5. The summed E-state index contributed by atoms with van der Waals surface area (Å²) in [5.74, 6) is 0. The fraction of sp³-hybridized carbons (Fsp3) is 1.00.